The fraction of sp³-hybridized carbons (Fsp3) is 0.400. The Hall–Kier alpha value is -0.910. The van der Waals surface area contributed by atoms with Gasteiger partial charge in [-0.2, -0.15) is 8.78 Å². The maximum atomic E-state index is 12.6. The number of benzene rings is 1. The van der Waals surface area contributed by atoms with Crippen LogP contribution < -0.4 is 0 Å². The van der Waals surface area contributed by atoms with Crippen LogP contribution in [0.5, 0.6) is 0 Å². The van der Waals surface area contributed by atoms with E-state index < -0.39 is 28.9 Å². The summed E-state index contributed by atoms with van der Waals surface area (Å²) in [5.41, 5.74) is 0.589. The fourth-order valence-electron chi connectivity index (χ4n) is 1.09. The van der Waals surface area contributed by atoms with Gasteiger partial charge in [-0.15, -0.1) is 0 Å². The maximum absolute atomic E-state index is 12.6. The first-order chi connectivity index (χ1) is 7.42. The topological polar surface area (TPSA) is 17.1 Å². The number of hydrogen-bond donors (Lipinski definition) is 0. The van der Waals surface area contributed by atoms with Crippen molar-refractivity contribution in [3.8, 4) is 0 Å². The van der Waals surface area contributed by atoms with Gasteiger partial charge in [0.05, 0.1) is 5.75 Å². The Morgan fingerprint density at radius 1 is 1.19 bits per heavy atom. The summed E-state index contributed by atoms with van der Waals surface area (Å²) in [6.45, 7) is 0. The monoisotopic (exact) mass is 254 g/mol. The van der Waals surface area contributed by atoms with Crippen LogP contribution in [0.15, 0.2) is 30.3 Å². The molecular formula is C10H10F4OS. The maximum Gasteiger partial charge on any atom is 0.318 e. The zero-order valence-corrected chi connectivity index (χ0v) is 9.02. The molecule has 0 aromatic heterocycles. The number of halogens is 4. The van der Waals surface area contributed by atoms with Crippen LogP contribution >= 0.6 is 0 Å². The van der Waals surface area contributed by atoms with Gasteiger partial charge in [0.2, 0.25) is 0 Å². The van der Waals surface area contributed by atoms with E-state index in [-0.39, 0.29) is 5.75 Å². The van der Waals surface area contributed by atoms with Crippen molar-refractivity contribution < 1.29 is 21.8 Å². The smallest absolute Gasteiger partial charge is 0.259 e. The van der Waals surface area contributed by atoms with E-state index in [1.807, 2.05) is 0 Å². The van der Waals surface area contributed by atoms with Gasteiger partial charge in [0.25, 0.3) is 0 Å². The highest BCUT2D eigenvalue weighted by molar-refractivity contribution is 7.84. The van der Waals surface area contributed by atoms with Gasteiger partial charge in [-0.3, -0.25) is 4.21 Å². The van der Waals surface area contributed by atoms with Crippen molar-refractivity contribution >= 4 is 10.8 Å². The third kappa shape index (κ3) is 3.92. The summed E-state index contributed by atoms with van der Waals surface area (Å²) in [6.07, 6.45) is -3.77. The van der Waals surface area contributed by atoms with Crippen molar-refractivity contribution in [1.82, 2.24) is 0 Å². The molecule has 1 nitrogen and oxygen atoms in total. The second kappa shape index (κ2) is 5.43. The molecule has 0 aliphatic heterocycles. The lowest BCUT2D eigenvalue weighted by Gasteiger charge is -2.14. The van der Waals surface area contributed by atoms with Crippen LogP contribution in [0.1, 0.15) is 5.56 Å². The molecule has 0 radical (unpaired) electrons. The molecule has 1 atom stereocenters. The van der Waals surface area contributed by atoms with Crippen LogP contribution in [0.25, 0.3) is 0 Å². The molecule has 16 heavy (non-hydrogen) atoms. The first kappa shape index (κ1) is 13.2. The average molecular weight is 254 g/mol. The highest BCUT2D eigenvalue weighted by Gasteiger charge is 2.42. The van der Waals surface area contributed by atoms with Crippen molar-refractivity contribution in [3.05, 3.63) is 35.9 Å². The standard InChI is InChI=1S/C10H10F4OS/c11-9(12)10(13,14)7-16(15)6-8-4-2-1-3-5-8/h1-5,9H,6-7H2/t16-/m1/s1. The number of rotatable bonds is 5. The molecule has 0 aliphatic carbocycles. The number of hydrogen-bond acceptors (Lipinski definition) is 1. The van der Waals surface area contributed by atoms with Crippen molar-refractivity contribution in [3.63, 3.8) is 0 Å². The molecule has 0 spiro atoms. The van der Waals surface area contributed by atoms with Crippen LogP contribution in [-0.4, -0.2) is 22.3 Å². The molecule has 0 saturated heterocycles. The van der Waals surface area contributed by atoms with E-state index in [4.69, 9.17) is 0 Å². The Morgan fingerprint density at radius 2 is 1.75 bits per heavy atom. The quantitative estimate of drug-likeness (QED) is 0.738. The Labute approximate surface area is 92.9 Å². The van der Waals surface area contributed by atoms with Gasteiger partial charge in [0, 0.05) is 16.6 Å². The molecule has 0 aliphatic rings. The van der Waals surface area contributed by atoms with Crippen LogP contribution in [0.4, 0.5) is 17.6 Å². The van der Waals surface area contributed by atoms with E-state index in [1.54, 1.807) is 30.3 Å². The van der Waals surface area contributed by atoms with E-state index in [9.17, 15) is 21.8 Å². The molecule has 0 amide bonds. The van der Waals surface area contributed by atoms with Crippen molar-refractivity contribution in [2.24, 2.45) is 0 Å². The van der Waals surface area contributed by atoms with E-state index in [2.05, 4.69) is 0 Å². The Kier molecular flexibility index (Phi) is 4.46. The first-order valence-electron chi connectivity index (χ1n) is 4.46. The van der Waals surface area contributed by atoms with Crippen molar-refractivity contribution in [2.75, 3.05) is 5.75 Å². The predicted octanol–water partition coefficient (Wildman–Crippen LogP) is 2.84. The van der Waals surface area contributed by atoms with Gasteiger partial charge < -0.3 is 0 Å². The van der Waals surface area contributed by atoms with Gasteiger partial charge in [-0.25, -0.2) is 8.78 Å². The SMILES string of the molecule is O=[S@](Cc1ccccc1)CC(F)(F)C(F)F. The molecule has 6 heteroatoms. The van der Waals surface area contributed by atoms with E-state index in [0.717, 1.165) is 0 Å². The summed E-state index contributed by atoms with van der Waals surface area (Å²) in [5.74, 6) is -5.62. The minimum absolute atomic E-state index is 0.136. The van der Waals surface area contributed by atoms with E-state index in [1.165, 1.54) is 0 Å². The summed E-state index contributed by atoms with van der Waals surface area (Å²) in [4.78, 5) is 0. The third-order valence-corrected chi connectivity index (χ3v) is 3.21. The van der Waals surface area contributed by atoms with Crippen LogP contribution in [0, 0.1) is 0 Å². The molecular weight excluding hydrogens is 244 g/mol. The van der Waals surface area contributed by atoms with Crippen LogP contribution in [0.2, 0.25) is 0 Å². The summed E-state index contributed by atoms with van der Waals surface area (Å²) in [7, 11) is -1.99. The molecule has 1 aromatic carbocycles. The second-order valence-electron chi connectivity index (χ2n) is 3.28. The van der Waals surface area contributed by atoms with Gasteiger partial charge in [0.1, 0.15) is 0 Å². The Balaban J connectivity index is 2.55. The van der Waals surface area contributed by atoms with Gasteiger partial charge >= 0.3 is 12.3 Å². The van der Waals surface area contributed by atoms with E-state index >= 15 is 0 Å². The minimum atomic E-state index is -4.18. The molecule has 0 heterocycles. The number of alkyl halides is 4. The van der Waals surface area contributed by atoms with Gasteiger partial charge in [-0.05, 0) is 5.56 Å². The summed E-state index contributed by atoms with van der Waals surface area (Å²) in [5, 5.41) is 0. The summed E-state index contributed by atoms with van der Waals surface area (Å²) < 4.78 is 60.0. The average Bonchev–Trinajstić information content (AvgIpc) is 2.17. The molecule has 0 N–H and O–H groups in total. The lowest BCUT2D eigenvalue weighted by atomic mass is 10.2. The third-order valence-electron chi connectivity index (χ3n) is 1.84. The first-order valence-corrected chi connectivity index (χ1v) is 5.95. The van der Waals surface area contributed by atoms with Gasteiger partial charge in [-0.1, -0.05) is 30.3 Å². The zero-order valence-electron chi connectivity index (χ0n) is 8.21. The van der Waals surface area contributed by atoms with Crippen LogP contribution in [-0.2, 0) is 16.6 Å². The van der Waals surface area contributed by atoms with Gasteiger partial charge in [0.15, 0.2) is 0 Å². The van der Waals surface area contributed by atoms with E-state index in [0.29, 0.717) is 5.56 Å². The summed E-state index contributed by atoms with van der Waals surface area (Å²) in [6, 6.07) is 8.27. The molecule has 1 rings (SSSR count). The van der Waals surface area contributed by atoms with Crippen LogP contribution in [0.3, 0.4) is 0 Å². The Bertz CT molecular complexity index is 353. The lowest BCUT2D eigenvalue weighted by Crippen LogP contribution is -2.33. The molecule has 0 bridgehead atoms. The summed E-state index contributed by atoms with van der Waals surface area (Å²) >= 11 is 0. The highest BCUT2D eigenvalue weighted by atomic mass is 32.2. The molecule has 0 saturated carbocycles. The molecule has 90 valence electrons. The minimum Gasteiger partial charge on any atom is -0.259 e. The lowest BCUT2D eigenvalue weighted by molar-refractivity contribution is -0.110. The second-order valence-corrected chi connectivity index (χ2v) is 4.73. The zero-order chi connectivity index (χ0) is 12.2. The Morgan fingerprint density at radius 3 is 2.25 bits per heavy atom. The fourth-order valence-corrected chi connectivity index (χ4v) is 2.31. The normalized spacial score (nSPS) is 14.1. The highest BCUT2D eigenvalue weighted by Crippen LogP contribution is 2.24. The predicted molar refractivity (Wildman–Crippen MR) is 54.1 cm³/mol. The molecule has 1 aromatic rings. The molecule has 0 fully saturated rings. The molecule has 0 unspecified atom stereocenters. The van der Waals surface area contributed by atoms with Crippen molar-refractivity contribution in [2.45, 2.75) is 18.1 Å². The largest absolute Gasteiger partial charge is 0.318 e. The van der Waals surface area contributed by atoms with Crippen molar-refractivity contribution in [1.29, 1.82) is 0 Å².